The molecule has 0 bridgehead atoms. The Balaban J connectivity index is 1.49. The van der Waals surface area contributed by atoms with Gasteiger partial charge in [-0.3, -0.25) is 9.59 Å². The number of aliphatic hydroxyl groups is 6. The van der Waals surface area contributed by atoms with Gasteiger partial charge in [0.25, 0.3) is 11.8 Å². The number of amides is 2. The summed E-state index contributed by atoms with van der Waals surface area (Å²) >= 11 is 0.761. The van der Waals surface area contributed by atoms with E-state index < -0.39 is 84.6 Å². The fourth-order valence-corrected chi connectivity index (χ4v) is 6.50. The number of hydrogen-bond acceptors (Lipinski definition) is 13. The number of thioether (sulfide) groups is 1. The predicted octanol–water partition coefficient (Wildman–Crippen LogP) is -1.67. The van der Waals surface area contributed by atoms with Crippen LogP contribution in [0.15, 0.2) is 48.5 Å². The quantitative estimate of drug-likeness (QED) is 0.145. The Kier molecular flexibility index (Phi) is 11.7. The van der Waals surface area contributed by atoms with Gasteiger partial charge in [-0.05, 0) is 48.5 Å². The molecule has 0 aromatic heterocycles. The molecule has 2 aliphatic rings. The van der Waals surface area contributed by atoms with Gasteiger partial charge in [0, 0.05) is 50.7 Å². The van der Waals surface area contributed by atoms with Crippen LogP contribution in [0, 0.1) is 0 Å². The molecule has 0 aliphatic carbocycles. The van der Waals surface area contributed by atoms with Crippen molar-refractivity contribution in [2.45, 2.75) is 59.6 Å². The van der Waals surface area contributed by atoms with E-state index in [1.54, 1.807) is 48.5 Å². The summed E-state index contributed by atoms with van der Waals surface area (Å²) in [5.41, 5.74) is -0.228. The lowest BCUT2D eigenvalue weighted by atomic mass is 9.96. The third-order valence-corrected chi connectivity index (χ3v) is 9.24. The summed E-state index contributed by atoms with van der Waals surface area (Å²) in [6.07, 6.45) is -8.49. The van der Waals surface area contributed by atoms with Gasteiger partial charge in [0.05, 0.1) is 25.3 Å². The normalized spacial score (nSPS) is 31.6. The zero-order chi connectivity index (χ0) is 33.0. The maximum Gasteiger partial charge on any atom is 0.251 e. The van der Waals surface area contributed by atoms with E-state index in [9.17, 15) is 40.2 Å². The molecular formula is C30H42N4O10S. The molecule has 10 atom stereocenters. The van der Waals surface area contributed by atoms with E-state index in [0.717, 1.165) is 23.1 Å². The third kappa shape index (κ3) is 7.88. The summed E-state index contributed by atoms with van der Waals surface area (Å²) in [6, 6.07) is 10.8. The number of rotatable bonds is 10. The maximum absolute atomic E-state index is 13.0. The van der Waals surface area contributed by atoms with Gasteiger partial charge in [-0.1, -0.05) is 11.8 Å². The molecule has 0 saturated carbocycles. The SMILES string of the molecule is CN(C)c1ccc(C(=O)N[C@@H]2[C@@H](O)[C@@H](CO)O[C@@H](S[C@@H]3O[C@H](CO)[C@H](O)[C@@H](NC(=O)c4ccc(N(C)C)cc4)[C@H]3O)[C@@H]2O)cc1. The first-order valence-electron chi connectivity index (χ1n) is 14.4. The number of nitrogens with one attached hydrogen (secondary N) is 2. The van der Waals surface area contributed by atoms with Gasteiger partial charge < -0.3 is 60.5 Å². The van der Waals surface area contributed by atoms with E-state index >= 15 is 0 Å². The van der Waals surface area contributed by atoms with Crippen molar-refractivity contribution in [3.05, 3.63) is 59.7 Å². The molecule has 2 amide bonds. The summed E-state index contributed by atoms with van der Waals surface area (Å²) in [4.78, 5) is 29.8. The number of carbonyl (C=O) groups is 2. The van der Waals surface area contributed by atoms with Crippen LogP contribution in [-0.2, 0) is 9.47 Å². The van der Waals surface area contributed by atoms with Crippen molar-refractivity contribution in [3.8, 4) is 0 Å². The van der Waals surface area contributed by atoms with Crippen LogP contribution in [0.4, 0.5) is 11.4 Å². The predicted molar refractivity (Wildman–Crippen MR) is 167 cm³/mol. The van der Waals surface area contributed by atoms with Gasteiger partial charge in [-0.15, -0.1) is 0 Å². The number of ether oxygens (including phenoxy) is 2. The van der Waals surface area contributed by atoms with E-state index in [0.29, 0.717) is 0 Å². The molecule has 0 radical (unpaired) electrons. The molecule has 2 saturated heterocycles. The first-order valence-corrected chi connectivity index (χ1v) is 15.4. The van der Waals surface area contributed by atoms with E-state index in [-0.39, 0.29) is 11.1 Å². The molecule has 0 spiro atoms. The van der Waals surface area contributed by atoms with Crippen LogP contribution < -0.4 is 20.4 Å². The van der Waals surface area contributed by atoms with Crippen molar-refractivity contribution in [2.24, 2.45) is 0 Å². The van der Waals surface area contributed by atoms with Gasteiger partial charge in [-0.25, -0.2) is 0 Å². The Labute approximate surface area is 265 Å². The summed E-state index contributed by atoms with van der Waals surface area (Å²) in [6.45, 7) is -1.29. The molecule has 15 heteroatoms. The summed E-state index contributed by atoms with van der Waals surface area (Å²) < 4.78 is 11.5. The molecule has 2 aliphatic heterocycles. The topological polar surface area (TPSA) is 205 Å². The first-order chi connectivity index (χ1) is 21.4. The van der Waals surface area contributed by atoms with Crippen LogP contribution in [0.2, 0.25) is 0 Å². The molecule has 8 N–H and O–H groups in total. The Morgan fingerprint density at radius 3 is 1.27 bits per heavy atom. The fraction of sp³-hybridized carbons (Fsp3) is 0.533. The van der Waals surface area contributed by atoms with E-state index in [1.807, 2.05) is 38.0 Å². The van der Waals surface area contributed by atoms with Gasteiger partial charge in [-0.2, -0.15) is 0 Å². The van der Waals surface area contributed by atoms with E-state index in [2.05, 4.69) is 10.6 Å². The molecular weight excluding hydrogens is 608 g/mol. The minimum absolute atomic E-state index is 0.275. The molecule has 248 valence electrons. The Morgan fingerprint density at radius 1 is 0.644 bits per heavy atom. The third-order valence-electron chi connectivity index (χ3n) is 7.92. The number of hydrogen-bond donors (Lipinski definition) is 8. The number of benzene rings is 2. The van der Waals surface area contributed by atoms with Crippen molar-refractivity contribution >= 4 is 35.0 Å². The molecule has 2 heterocycles. The van der Waals surface area contributed by atoms with Crippen LogP contribution in [0.25, 0.3) is 0 Å². The Morgan fingerprint density at radius 2 is 0.978 bits per heavy atom. The van der Waals surface area contributed by atoms with E-state index in [4.69, 9.17) is 9.47 Å². The number of nitrogens with zero attached hydrogens (tertiary/aromatic N) is 2. The molecule has 4 rings (SSSR count). The van der Waals surface area contributed by atoms with E-state index in [1.165, 1.54) is 0 Å². The van der Waals surface area contributed by atoms with Crippen LogP contribution >= 0.6 is 11.8 Å². The first kappa shape index (κ1) is 34.9. The maximum atomic E-state index is 13.0. The highest BCUT2D eigenvalue weighted by atomic mass is 32.2. The minimum atomic E-state index is -1.55. The highest BCUT2D eigenvalue weighted by molar-refractivity contribution is 8.00. The standard InChI is InChI=1S/C30H42N4O10S/c1-33(2)17-9-5-15(6-10-17)27(41)31-21-23(37)19(13-35)43-29(25(21)39)45-30-26(40)22(24(38)20(14-36)44-30)32-28(42)16-7-11-18(12-8-16)34(3)4/h5-12,19-26,29-30,35-40H,13-14H2,1-4H3,(H,31,41)(H,32,42)/t19-,20-,21-,22-,23+,24+,25-,26-,29+,30+/m1/s1. The van der Waals surface area contributed by atoms with Crippen molar-refractivity contribution in [2.75, 3.05) is 51.2 Å². The number of anilines is 2. The van der Waals surface area contributed by atoms with Crippen molar-refractivity contribution < 1.29 is 49.7 Å². The monoisotopic (exact) mass is 650 g/mol. The number of aliphatic hydroxyl groups excluding tert-OH is 6. The van der Waals surface area contributed by atoms with Crippen LogP contribution in [-0.4, -0.2) is 143 Å². The molecule has 0 unspecified atom stereocenters. The van der Waals surface area contributed by atoms with Gasteiger partial charge >= 0.3 is 0 Å². The van der Waals surface area contributed by atoms with Gasteiger partial charge in [0.15, 0.2) is 0 Å². The Hall–Kier alpha value is -2.99. The lowest BCUT2D eigenvalue weighted by molar-refractivity contribution is -0.175. The molecule has 14 nitrogen and oxygen atoms in total. The average molecular weight is 651 g/mol. The average Bonchev–Trinajstić information content (AvgIpc) is 3.03. The van der Waals surface area contributed by atoms with Gasteiger partial charge in [0.2, 0.25) is 0 Å². The molecule has 2 aromatic rings. The summed E-state index contributed by atoms with van der Waals surface area (Å²) in [7, 11) is 7.42. The zero-order valence-electron chi connectivity index (χ0n) is 25.4. The fourth-order valence-electron chi connectivity index (χ4n) is 5.16. The summed E-state index contributed by atoms with van der Waals surface area (Å²) in [5.74, 6) is -1.16. The molecule has 45 heavy (non-hydrogen) atoms. The second kappa shape index (κ2) is 15.1. The lowest BCUT2D eigenvalue weighted by Crippen LogP contribution is -2.66. The second-order valence-electron chi connectivity index (χ2n) is 11.4. The number of carbonyl (C=O) groups excluding carboxylic acids is 2. The van der Waals surface area contributed by atoms with Crippen LogP contribution in [0.3, 0.4) is 0 Å². The highest BCUT2D eigenvalue weighted by Gasteiger charge is 2.50. The van der Waals surface area contributed by atoms with Crippen LogP contribution in [0.5, 0.6) is 0 Å². The summed E-state index contributed by atoms with van der Waals surface area (Å²) in [5, 5.41) is 69.1. The lowest BCUT2D eigenvalue weighted by Gasteiger charge is -2.46. The van der Waals surface area contributed by atoms with Crippen molar-refractivity contribution in [3.63, 3.8) is 0 Å². The highest BCUT2D eigenvalue weighted by Crippen LogP contribution is 2.37. The zero-order valence-corrected chi connectivity index (χ0v) is 26.2. The largest absolute Gasteiger partial charge is 0.394 e. The van der Waals surface area contributed by atoms with Gasteiger partial charge in [0.1, 0.15) is 47.5 Å². The smallest absolute Gasteiger partial charge is 0.251 e. The van der Waals surface area contributed by atoms with Crippen molar-refractivity contribution in [1.29, 1.82) is 0 Å². The van der Waals surface area contributed by atoms with Crippen LogP contribution in [0.1, 0.15) is 20.7 Å². The Bertz CT molecular complexity index is 1190. The molecule has 2 fully saturated rings. The minimum Gasteiger partial charge on any atom is -0.394 e. The molecule has 2 aromatic carbocycles. The van der Waals surface area contributed by atoms with Crippen molar-refractivity contribution in [1.82, 2.24) is 10.6 Å². The second-order valence-corrected chi connectivity index (χ2v) is 12.6.